The van der Waals surface area contributed by atoms with Gasteiger partial charge in [0.15, 0.2) is 0 Å². The topological polar surface area (TPSA) is 29.3 Å². The van der Waals surface area contributed by atoms with Crippen LogP contribution in [0.2, 0.25) is 5.02 Å². The number of benzene rings is 1. The minimum Gasteiger partial charge on any atom is -0.312 e. The predicted octanol–water partition coefficient (Wildman–Crippen LogP) is 2.00. The van der Waals surface area contributed by atoms with Crippen LogP contribution in [0.3, 0.4) is 0 Å². The lowest BCUT2D eigenvalue weighted by Gasteiger charge is -2.20. The third kappa shape index (κ3) is 2.40. The number of nitrogens with two attached hydrogens (primary N) is 1. The summed E-state index contributed by atoms with van der Waals surface area (Å²) in [6, 6.07) is 4.37. The van der Waals surface area contributed by atoms with Crippen molar-refractivity contribution in [1.29, 1.82) is 0 Å². The maximum Gasteiger partial charge on any atom is 0.129 e. The Morgan fingerprint density at radius 2 is 2.08 bits per heavy atom. The van der Waals surface area contributed by atoms with E-state index in [0.29, 0.717) is 10.6 Å². The predicted molar refractivity (Wildman–Crippen MR) is 52.0 cm³/mol. The van der Waals surface area contributed by atoms with Crippen LogP contribution >= 0.6 is 11.6 Å². The van der Waals surface area contributed by atoms with E-state index < -0.39 is 6.17 Å². The lowest BCUT2D eigenvalue weighted by atomic mass is 10.1. The van der Waals surface area contributed by atoms with Gasteiger partial charge in [0.1, 0.15) is 5.82 Å². The second-order valence-electron chi connectivity index (χ2n) is 3.07. The first-order valence-corrected chi connectivity index (χ1v) is 4.27. The zero-order chi connectivity index (χ0) is 10.0. The van der Waals surface area contributed by atoms with E-state index in [4.69, 9.17) is 17.3 Å². The molecule has 1 atom stereocenters. The Morgan fingerprint density at radius 1 is 1.46 bits per heavy atom. The summed E-state index contributed by atoms with van der Waals surface area (Å²) >= 11 is 5.72. The van der Waals surface area contributed by atoms with E-state index in [1.807, 2.05) is 0 Å². The normalized spacial score (nSPS) is 13.4. The highest BCUT2D eigenvalue weighted by Crippen LogP contribution is 2.20. The van der Waals surface area contributed by atoms with E-state index in [1.54, 1.807) is 25.1 Å². The molecule has 1 unspecified atom stereocenters. The molecule has 0 aliphatic heterocycles. The summed E-state index contributed by atoms with van der Waals surface area (Å²) in [7, 11) is 3.57. The monoisotopic (exact) mass is 202 g/mol. The van der Waals surface area contributed by atoms with E-state index in [1.165, 1.54) is 12.1 Å². The molecule has 4 heteroatoms. The minimum absolute atomic E-state index is 0.328. The molecule has 0 saturated heterocycles. The Kier molecular flexibility index (Phi) is 3.25. The number of rotatable bonds is 2. The van der Waals surface area contributed by atoms with Crippen molar-refractivity contribution in [2.24, 2.45) is 5.73 Å². The van der Waals surface area contributed by atoms with Crippen LogP contribution in [0.25, 0.3) is 0 Å². The second kappa shape index (κ2) is 4.05. The van der Waals surface area contributed by atoms with Gasteiger partial charge in [-0.1, -0.05) is 11.6 Å². The van der Waals surface area contributed by atoms with Crippen molar-refractivity contribution in [2.75, 3.05) is 14.1 Å². The Morgan fingerprint density at radius 3 is 2.62 bits per heavy atom. The average Bonchev–Trinajstić information content (AvgIpc) is 2.08. The summed E-state index contributed by atoms with van der Waals surface area (Å²) in [5.74, 6) is -0.328. The van der Waals surface area contributed by atoms with Crippen molar-refractivity contribution in [3.05, 3.63) is 34.6 Å². The zero-order valence-electron chi connectivity index (χ0n) is 7.59. The molecule has 1 aromatic rings. The summed E-state index contributed by atoms with van der Waals surface area (Å²) in [5, 5.41) is 0.494. The molecule has 0 amide bonds. The molecule has 2 nitrogen and oxygen atoms in total. The third-order valence-electron chi connectivity index (χ3n) is 1.83. The van der Waals surface area contributed by atoms with E-state index in [-0.39, 0.29) is 5.82 Å². The molecule has 0 aromatic heterocycles. The lowest BCUT2D eigenvalue weighted by Crippen LogP contribution is -2.28. The molecular weight excluding hydrogens is 191 g/mol. The molecule has 72 valence electrons. The van der Waals surface area contributed by atoms with Crippen molar-refractivity contribution in [3.8, 4) is 0 Å². The van der Waals surface area contributed by atoms with E-state index in [2.05, 4.69) is 0 Å². The first kappa shape index (κ1) is 10.4. The van der Waals surface area contributed by atoms with Gasteiger partial charge in [0.05, 0.1) is 6.17 Å². The van der Waals surface area contributed by atoms with Crippen molar-refractivity contribution in [1.82, 2.24) is 4.90 Å². The first-order valence-electron chi connectivity index (χ1n) is 3.89. The molecule has 0 aliphatic carbocycles. The quantitative estimate of drug-likeness (QED) is 0.744. The number of nitrogens with zero attached hydrogens (tertiary/aromatic N) is 1. The van der Waals surface area contributed by atoms with Crippen molar-refractivity contribution >= 4 is 11.6 Å². The lowest BCUT2D eigenvalue weighted by molar-refractivity contribution is 0.299. The second-order valence-corrected chi connectivity index (χ2v) is 3.51. The average molecular weight is 203 g/mol. The van der Waals surface area contributed by atoms with Crippen LogP contribution in [-0.2, 0) is 0 Å². The maximum absolute atomic E-state index is 13.2. The van der Waals surface area contributed by atoms with Gasteiger partial charge in [0.25, 0.3) is 0 Å². The Balaban J connectivity index is 3.05. The van der Waals surface area contributed by atoms with E-state index >= 15 is 0 Å². The zero-order valence-corrected chi connectivity index (χ0v) is 8.35. The van der Waals surface area contributed by atoms with Crippen LogP contribution in [0.5, 0.6) is 0 Å². The van der Waals surface area contributed by atoms with E-state index in [9.17, 15) is 4.39 Å². The molecule has 1 aromatic carbocycles. The smallest absolute Gasteiger partial charge is 0.129 e. The van der Waals surface area contributed by atoms with Crippen molar-refractivity contribution < 1.29 is 4.39 Å². The number of halogens is 2. The van der Waals surface area contributed by atoms with Crippen molar-refractivity contribution in [3.63, 3.8) is 0 Å². The summed E-state index contributed by atoms with van der Waals surface area (Å²) in [4.78, 5) is 1.72. The molecule has 0 radical (unpaired) electrons. The summed E-state index contributed by atoms with van der Waals surface area (Å²) < 4.78 is 13.2. The van der Waals surface area contributed by atoms with Gasteiger partial charge in [-0.3, -0.25) is 4.90 Å². The standard InChI is InChI=1S/C9H12ClFN2/c1-13(2)9(12)7-5-6(10)3-4-8(7)11/h3-5,9H,12H2,1-2H3. The van der Waals surface area contributed by atoms with Crippen LogP contribution in [0, 0.1) is 5.82 Å². The minimum atomic E-state index is -0.460. The van der Waals surface area contributed by atoms with Gasteiger partial charge in [-0.05, 0) is 32.3 Å². The van der Waals surface area contributed by atoms with Crippen LogP contribution in [0.1, 0.15) is 11.7 Å². The van der Waals surface area contributed by atoms with Gasteiger partial charge in [-0.2, -0.15) is 0 Å². The summed E-state index contributed by atoms with van der Waals surface area (Å²) in [6.07, 6.45) is -0.460. The SMILES string of the molecule is CN(C)C(N)c1cc(Cl)ccc1F. The fourth-order valence-electron chi connectivity index (χ4n) is 1.02. The van der Waals surface area contributed by atoms with Gasteiger partial charge >= 0.3 is 0 Å². The van der Waals surface area contributed by atoms with Crippen molar-refractivity contribution in [2.45, 2.75) is 6.17 Å². The molecule has 0 spiro atoms. The largest absolute Gasteiger partial charge is 0.312 e. The molecule has 2 N–H and O–H groups in total. The highest BCUT2D eigenvalue weighted by Gasteiger charge is 2.13. The Hall–Kier alpha value is -0.640. The molecule has 1 rings (SSSR count). The molecule has 0 bridgehead atoms. The number of hydrogen-bond acceptors (Lipinski definition) is 2. The molecular formula is C9H12ClFN2. The van der Waals surface area contributed by atoms with Gasteiger partial charge in [0, 0.05) is 10.6 Å². The van der Waals surface area contributed by atoms with Crippen LogP contribution in [0.15, 0.2) is 18.2 Å². The van der Waals surface area contributed by atoms with E-state index in [0.717, 1.165) is 0 Å². The fourth-order valence-corrected chi connectivity index (χ4v) is 1.20. The van der Waals surface area contributed by atoms with Crippen LogP contribution < -0.4 is 5.73 Å². The van der Waals surface area contributed by atoms with Crippen LogP contribution in [0.4, 0.5) is 4.39 Å². The molecule has 0 saturated carbocycles. The van der Waals surface area contributed by atoms with Gasteiger partial charge in [-0.25, -0.2) is 4.39 Å². The molecule has 0 heterocycles. The Bertz CT molecular complexity index is 302. The fraction of sp³-hybridized carbons (Fsp3) is 0.333. The third-order valence-corrected chi connectivity index (χ3v) is 2.07. The molecule has 13 heavy (non-hydrogen) atoms. The highest BCUT2D eigenvalue weighted by atomic mass is 35.5. The summed E-state index contributed by atoms with van der Waals surface area (Å²) in [5.41, 5.74) is 6.15. The highest BCUT2D eigenvalue weighted by molar-refractivity contribution is 6.30. The maximum atomic E-state index is 13.2. The van der Waals surface area contributed by atoms with Gasteiger partial charge < -0.3 is 5.73 Å². The van der Waals surface area contributed by atoms with Gasteiger partial charge in [-0.15, -0.1) is 0 Å². The number of hydrogen-bond donors (Lipinski definition) is 1. The first-order chi connectivity index (χ1) is 6.02. The molecule has 0 aliphatic rings. The van der Waals surface area contributed by atoms with Gasteiger partial charge in [0.2, 0.25) is 0 Å². The summed E-state index contributed by atoms with van der Waals surface area (Å²) in [6.45, 7) is 0. The molecule has 0 fully saturated rings. The Labute approximate surface area is 82.1 Å². The van der Waals surface area contributed by atoms with Crippen LogP contribution in [-0.4, -0.2) is 19.0 Å².